The van der Waals surface area contributed by atoms with Gasteiger partial charge >= 0.3 is 20.4 Å². The van der Waals surface area contributed by atoms with E-state index >= 15 is 0 Å². The van der Waals surface area contributed by atoms with Gasteiger partial charge in [0.05, 0.1) is 0 Å². The Hall–Kier alpha value is 0.502. The maximum atomic E-state index is 6.25. The van der Waals surface area contributed by atoms with Crippen LogP contribution in [0.25, 0.3) is 0 Å². The number of rotatable bonds is 6. The van der Waals surface area contributed by atoms with E-state index in [9.17, 15) is 0 Å². The molecular weight excluding hydrogens is 365 g/mol. The quantitative estimate of drug-likeness (QED) is 0.351. The Morgan fingerprint density at radius 2 is 0.632 bits per heavy atom. The first-order valence-electron chi connectivity index (χ1n) is 6.59. The summed E-state index contributed by atoms with van der Waals surface area (Å²) < 4.78 is 0. The van der Waals surface area contributed by atoms with Crippen LogP contribution in [0.4, 0.5) is 0 Å². The van der Waals surface area contributed by atoms with Crippen LogP contribution in [-0.2, 0) is 20.4 Å². The fraction of sp³-hybridized carbons (Fsp3) is 0.857. The third-order valence-corrected chi connectivity index (χ3v) is 8.05. The Morgan fingerprint density at radius 3 is 0.632 bits per heavy atom. The van der Waals surface area contributed by atoms with E-state index in [1.165, 1.54) is 37.0 Å². The molecule has 0 fully saturated rings. The molecule has 116 valence electrons. The Bertz CT molecular complexity index is 127. The van der Waals surface area contributed by atoms with E-state index in [1.54, 1.807) is 0 Å². The smallest absolute Gasteiger partial charge is 0.512 e. The van der Waals surface area contributed by atoms with Crippen molar-refractivity contribution in [1.82, 2.24) is 0 Å². The standard InChI is InChI=1S/2C6H15P.2CN.Pd/c2*1-4-7(5-2)6-3;2*1-2;/h2*4-6H2,1-3H3;;;/q;;2*-1;+2. The van der Waals surface area contributed by atoms with Crippen molar-refractivity contribution in [2.45, 2.75) is 41.5 Å². The molecule has 2 nitrogen and oxygen atoms in total. The van der Waals surface area contributed by atoms with Crippen LogP contribution in [0.15, 0.2) is 0 Å². The molecule has 0 saturated heterocycles. The number of hydrogen-bond donors (Lipinski definition) is 0. The van der Waals surface area contributed by atoms with Gasteiger partial charge in [-0.2, -0.15) is 0 Å². The molecule has 0 aromatic carbocycles. The van der Waals surface area contributed by atoms with Crippen molar-refractivity contribution >= 4 is 15.8 Å². The maximum Gasteiger partial charge on any atom is 2.00 e. The topological polar surface area (TPSA) is 47.6 Å². The third kappa shape index (κ3) is 32.2. The van der Waals surface area contributed by atoms with Gasteiger partial charge in [0.15, 0.2) is 0 Å². The Morgan fingerprint density at radius 1 is 0.526 bits per heavy atom. The van der Waals surface area contributed by atoms with Gasteiger partial charge in [-0.3, -0.25) is 0 Å². The second-order valence-electron chi connectivity index (χ2n) is 3.24. The van der Waals surface area contributed by atoms with Gasteiger partial charge in [-0.1, -0.05) is 41.5 Å². The van der Waals surface area contributed by atoms with Crippen molar-refractivity contribution in [3.05, 3.63) is 13.1 Å². The largest absolute Gasteiger partial charge is 2.00 e. The summed E-state index contributed by atoms with van der Waals surface area (Å²) in [5.74, 6) is 0. The second kappa shape index (κ2) is 36.3. The van der Waals surface area contributed by atoms with Crippen LogP contribution in [0.1, 0.15) is 41.5 Å². The Balaban J connectivity index is -0.0000000522. The summed E-state index contributed by atoms with van der Waals surface area (Å²) >= 11 is 0. The Kier molecular flexibility index (Phi) is 60.6. The van der Waals surface area contributed by atoms with Gasteiger partial charge in [-0.25, -0.2) is 0 Å². The summed E-state index contributed by atoms with van der Waals surface area (Å²) in [6.07, 6.45) is 8.51. The molecule has 0 amide bonds. The molecule has 0 bridgehead atoms. The van der Waals surface area contributed by atoms with Gasteiger partial charge in [0.2, 0.25) is 0 Å². The zero-order chi connectivity index (χ0) is 15.4. The zero-order valence-corrected chi connectivity index (χ0v) is 16.7. The minimum Gasteiger partial charge on any atom is -0.512 e. The predicted molar refractivity (Wildman–Crippen MR) is 87.0 cm³/mol. The molecule has 0 spiro atoms. The van der Waals surface area contributed by atoms with Gasteiger partial charge in [0, 0.05) is 0 Å². The van der Waals surface area contributed by atoms with Crippen molar-refractivity contribution in [2.24, 2.45) is 0 Å². The molecule has 0 atom stereocenters. The molecule has 0 aliphatic rings. The number of hydrogen-bond acceptors (Lipinski definition) is 2. The van der Waals surface area contributed by atoms with E-state index in [2.05, 4.69) is 41.5 Å². The average molecular weight is 395 g/mol. The summed E-state index contributed by atoms with van der Waals surface area (Å²) in [6.45, 7) is 23.2. The van der Waals surface area contributed by atoms with Crippen LogP contribution >= 0.6 is 15.8 Å². The number of nitrogens with zero attached hydrogens (tertiary/aromatic N) is 2. The molecule has 0 radical (unpaired) electrons. The zero-order valence-electron chi connectivity index (χ0n) is 13.3. The van der Waals surface area contributed by atoms with E-state index in [1.807, 2.05) is 0 Å². The van der Waals surface area contributed by atoms with Gasteiger partial charge in [0.25, 0.3) is 0 Å². The summed E-state index contributed by atoms with van der Waals surface area (Å²) in [5, 5.41) is 12.5. The van der Waals surface area contributed by atoms with Crippen molar-refractivity contribution < 1.29 is 20.4 Å². The Labute approximate surface area is 138 Å². The first-order valence-corrected chi connectivity index (χ1v) is 10.4. The molecule has 0 aromatic heterocycles. The molecule has 0 rings (SSSR count). The van der Waals surface area contributed by atoms with Crippen molar-refractivity contribution in [2.75, 3.05) is 37.0 Å². The van der Waals surface area contributed by atoms with Crippen LogP contribution in [0.5, 0.6) is 0 Å². The summed E-state index contributed by atoms with van der Waals surface area (Å²) in [6, 6.07) is 0. The van der Waals surface area contributed by atoms with E-state index in [0.29, 0.717) is 15.8 Å². The monoisotopic (exact) mass is 394 g/mol. The normalized spacial score (nSPS) is 7.79. The summed E-state index contributed by atoms with van der Waals surface area (Å²) in [5.41, 5.74) is 0. The third-order valence-electron chi connectivity index (χ3n) is 2.68. The van der Waals surface area contributed by atoms with Crippen LogP contribution in [-0.4, -0.2) is 37.0 Å². The van der Waals surface area contributed by atoms with Crippen LogP contribution in [0, 0.1) is 23.7 Å². The molecule has 0 saturated carbocycles. The van der Waals surface area contributed by atoms with E-state index in [4.69, 9.17) is 23.7 Å². The van der Waals surface area contributed by atoms with Crippen molar-refractivity contribution in [1.29, 1.82) is 10.5 Å². The van der Waals surface area contributed by atoms with Crippen molar-refractivity contribution in [3.63, 3.8) is 0 Å². The van der Waals surface area contributed by atoms with Crippen LogP contribution in [0.3, 0.4) is 0 Å². The first kappa shape index (κ1) is 31.7. The van der Waals surface area contributed by atoms with Gasteiger partial charge < -0.3 is 23.7 Å². The average Bonchev–Trinajstić information content (AvgIpc) is 2.48. The van der Waals surface area contributed by atoms with Crippen molar-refractivity contribution in [3.8, 4) is 0 Å². The second-order valence-corrected chi connectivity index (χ2v) is 9.72. The molecular formula is C14H30N2P2Pd. The fourth-order valence-corrected chi connectivity index (χ4v) is 4.02. The van der Waals surface area contributed by atoms with Gasteiger partial charge in [-0.15, -0.1) is 15.8 Å². The first-order chi connectivity index (χ1) is 8.69. The maximum absolute atomic E-state index is 6.25. The molecule has 0 heterocycles. The molecule has 19 heavy (non-hydrogen) atoms. The molecule has 0 unspecified atom stereocenters. The molecule has 5 heteroatoms. The fourth-order valence-electron chi connectivity index (χ4n) is 1.34. The van der Waals surface area contributed by atoms with Crippen LogP contribution < -0.4 is 0 Å². The summed E-state index contributed by atoms with van der Waals surface area (Å²) in [4.78, 5) is 0. The molecule has 0 aliphatic carbocycles. The molecule has 0 N–H and O–H groups in total. The van der Waals surface area contributed by atoms with Crippen LogP contribution in [0.2, 0.25) is 0 Å². The predicted octanol–water partition coefficient (Wildman–Crippen LogP) is 5.25. The SMILES string of the molecule is CCP(CC)CC.CCP(CC)CC.[C-]#N.[C-]#N.[Pd+2]. The summed E-state index contributed by atoms with van der Waals surface area (Å²) in [7, 11) is 0.892. The minimum atomic E-state index is 0. The molecule has 0 aromatic rings. The molecule has 0 aliphatic heterocycles. The van der Waals surface area contributed by atoms with E-state index < -0.39 is 0 Å². The minimum absolute atomic E-state index is 0. The van der Waals surface area contributed by atoms with Gasteiger partial charge in [-0.05, 0) is 37.0 Å². The van der Waals surface area contributed by atoms with E-state index in [0.717, 1.165) is 0 Å². The van der Waals surface area contributed by atoms with E-state index in [-0.39, 0.29) is 20.4 Å². The van der Waals surface area contributed by atoms with Gasteiger partial charge in [0.1, 0.15) is 0 Å².